The molecule has 0 aliphatic carbocycles. The molecule has 0 aliphatic rings. The molecule has 0 radical (unpaired) electrons. The summed E-state index contributed by atoms with van der Waals surface area (Å²) in [6, 6.07) is 15.0. The van der Waals surface area contributed by atoms with Gasteiger partial charge < -0.3 is 10.1 Å². The van der Waals surface area contributed by atoms with Crippen LogP contribution in [0.25, 0.3) is 5.69 Å². The van der Waals surface area contributed by atoms with E-state index in [0.29, 0.717) is 16.9 Å². The van der Waals surface area contributed by atoms with Crippen molar-refractivity contribution in [2.75, 3.05) is 12.4 Å². The van der Waals surface area contributed by atoms with Gasteiger partial charge in [0.2, 0.25) is 5.82 Å². The number of rotatable bonds is 4. The molecule has 0 unspecified atom stereocenters. The zero-order chi connectivity index (χ0) is 17.8. The van der Waals surface area contributed by atoms with Crippen LogP contribution in [-0.2, 0) is 4.74 Å². The highest BCUT2D eigenvalue weighted by atomic mass is 16.5. The van der Waals surface area contributed by atoms with Gasteiger partial charge in [-0.25, -0.2) is 9.59 Å². The van der Waals surface area contributed by atoms with Crippen LogP contribution in [0, 0.1) is 0 Å². The first-order valence-corrected chi connectivity index (χ1v) is 7.33. The van der Waals surface area contributed by atoms with Crippen molar-refractivity contribution in [1.29, 1.82) is 0 Å². The molecular weight excluding hydrogens is 324 g/mol. The number of aromatic amines is 1. The number of ether oxygens (including phenoxy) is 1. The molecule has 0 fully saturated rings. The Balaban J connectivity index is 1.83. The van der Waals surface area contributed by atoms with E-state index in [4.69, 9.17) is 0 Å². The predicted molar refractivity (Wildman–Crippen MR) is 89.9 cm³/mol. The minimum Gasteiger partial charge on any atom is -0.465 e. The van der Waals surface area contributed by atoms with E-state index in [-0.39, 0.29) is 5.82 Å². The Morgan fingerprint density at radius 3 is 2.60 bits per heavy atom. The van der Waals surface area contributed by atoms with Gasteiger partial charge >= 0.3 is 11.7 Å². The molecule has 2 N–H and O–H groups in total. The van der Waals surface area contributed by atoms with Gasteiger partial charge in [-0.3, -0.25) is 9.78 Å². The molecule has 0 saturated carbocycles. The Morgan fingerprint density at radius 2 is 1.88 bits per heavy atom. The summed E-state index contributed by atoms with van der Waals surface area (Å²) in [5.41, 5.74) is 0.682. The van der Waals surface area contributed by atoms with Crippen LogP contribution in [0.15, 0.2) is 59.4 Å². The molecule has 1 amide bonds. The van der Waals surface area contributed by atoms with E-state index >= 15 is 0 Å². The fraction of sp³-hybridized carbons (Fsp3) is 0.0588. The topological polar surface area (TPSA) is 106 Å². The van der Waals surface area contributed by atoms with Crippen LogP contribution in [0.4, 0.5) is 5.69 Å². The maximum atomic E-state index is 12.3. The van der Waals surface area contributed by atoms with E-state index in [2.05, 4.69) is 20.1 Å². The molecule has 126 valence electrons. The number of hydrogen-bond donors (Lipinski definition) is 2. The van der Waals surface area contributed by atoms with Crippen LogP contribution in [0.3, 0.4) is 0 Å². The monoisotopic (exact) mass is 338 g/mol. The summed E-state index contributed by atoms with van der Waals surface area (Å²) in [7, 11) is 1.27. The lowest BCUT2D eigenvalue weighted by molar-refractivity contribution is 0.0600. The first-order valence-electron chi connectivity index (χ1n) is 7.33. The van der Waals surface area contributed by atoms with Crippen LogP contribution >= 0.6 is 0 Å². The highest BCUT2D eigenvalue weighted by Crippen LogP contribution is 2.12. The van der Waals surface area contributed by atoms with Crippen molar-refractivity contribution in [3.63, 3.8) is 0 Å². The standard InChI is InChI=1S/C17H14N4O4/c1-25-16(23)11-6-5-7-12(10-11)18-15(22)14-19-17(24)21(20-14)13-8-3-2-4-9-13/h2-10H,1H3,(H,18,22)(H,19,20,24). The van der Waals surface area contributed by atoms with E-state index in [1.807, 2.05) is 6.07 Å². The molecule has 8 heteroatoms. The van der Waals surface area contributed by atoms with Gasteiger partial charge in [-0.2, -0.15) is 4.68 Å². The van der Waals surface area contributed by atoms with Crippen molar-refractivity contribution in [3.8, 4) is 5.69 Å². The van der Waals surface area contributed by atoms with Gasteiger partial charge in [-0.1, -0.05) is 24.3 Å². The average Bonchev–Trinajstić information content (AvgIpc) is 3.04. The predicted octanol–water partition coefficient (Wildman–Crippen LogP) is 1.60. The number of nitrogens with one attached hydrogen (secondary N) is 2. The summed E-state index contributed by atoms with van der Waals surface area (Å²) >= 11 is 0. The smallest absolute Gasteiger partial charge is 0.348 e. The highest BCUT2D eigenvalue weighted by Gasteiger charge is 2.15. The average molecular weight is 338 g/mol. The lowest BCUT2D eigenvalue weighted by Gasteiger charge is -2.05. The maximum Gasteiger partial charge on any atom is 0.348 e. The van der Waals surface area contributed by atoms with Crippen molar-refractivity contribution in [2.24, 2.45) is 0 Å². The van der Waals surface area contributed by atoms with Crippen molar-refractivity contribution in [3.05, 3.63) is 76.5 Å². The maximum absolute atomic E-state index is 12.3. The lowest BCUT2D eigenvalue weighted by atomic mass is 10.2. The van der Waals surface area contributed by atoms with Crippen LogP contribution in [0.5, 0.6) is 0 Å². The van der Waals surface area contributed by atoms with Gasteiger partial charge in [0.1, 0.15) is 0 Å². The van der Waals surface area contributed by atoms with Gasteiger partial charge in [0.05, 0.1) is 18.4 Å². The Bertz CT molecular complexity index is 976. The van der Waals surface area contributed by atoms with Crippen molar-refractivity contribution < 1.29 is 14.3 Å². The molecular formula is C17H14N4O4. The number of carbonyl (C=O) groups is 2. The van der Waals surface area contributed by atoms with Gasteiger partial charge in [0.15, 0.2) is 0 Å². The highest BCUT2D eigenvalue weighted by molar-refractivity contribution is 6.02. The fourth-order valence-electron chi connectivity index (χ4n) is 2.20. The number of anilines is 1. The zero-order valence-corrected chi connectivity index (χ0v) is 13.2. The second-order valence-corrected chi connectivity index (χ2v) is 5.05. The SMILES string of the molecule is COC(=O)c1cccc(NC(=O)c2nn(-c3ccccc3)c(=O)[nH]2)c1. The van der Waals surface area contributed by atoms with E-state index in [9.17, 15) is 14.4 Å². The first-order chi connectivity index (χ1) is 12.1. The molecule has 0 spiro atoms. The van der Waals surface area contributed by atoms with Gasteiger partial charge in [0, 0.05) is 5.69 Å². The zero-order valence-electron chi connectivity index (χ0n) is 13.2. The molecule has 1 heterocycles. The summed E-state index contributed by atoms with van der Waals surface area (Å²) in [4.78, 5) is 38.2. The number of hydrogen-bond acceptors (Lipinski definition) is 5. The molecule has 3 rings (SSSR count). The van der Waals surface area contributed by atoms with Gasteiger partial charge in [0.25, 0.3) is 5.91 Å². The van der Waals surface area contributed by atoms with Crippen LogP contribution < -0.4 is 11.0 Å². The quantitative estimate of drug-likeness (QED) is 0.703. The largest absolute Gasteiger partial charge is 0.465 e. The number of amides is 1. The second-order valence-electron chi connectivity index (χ2n) is 5.05. The summed E-state index contributed by atoms with van der Waals surface area (Å²) in [5.74, 6) is -1.26. The Hall–Kier alpha value is -3.68. The number of esters is 1. The Labute approximate surface area is 142 Å². The number of nitrogens with zero attached hydrogens (tertiary/aromatic N) is 2. The van der Waals surface area contributed by atoms with Crippen molar-refractivity contribution >= 4 is 17.6 Å². The normalized spacial score (nSPS) is 10.3. The number of benzene rings is 2. The van der Waals surface area contributed by atoms with Gasteiger partial charge in [-0.15, -0.1) is 5.10 Å². The van der Waals surface area contributed by atoms with Crippen LogP contribution in [0.2, 0.25) is 0 Å². The molecule has 0 atom stereocenters. The summed E-state index contributed by atoms with van der Waals surface area (Å²) in [6.07, 6.45) is 0. The van der Waals surface area contributed by atoms with Gasteiger partial charge in [-0.05, 0) is 30.3 Å². The first kappa shape index (κ1) is 16.2. The molecule has 3 aromatic rings. The molecule has 25 heavy (non-hydrogen) atoms. The molecule has 0 saturated heterocycles. The third-order valence-corrected chi connectivity index (χ3v) is 3.38. The Morgan fingerprint density at radius 1 is 1.12 bits per heavy atom. The van der Waals surface area contributed by atoms with E-state index < -0.39 is 17.6 Å². The van der Waals surface area contributed by atoms with E-state index in [0.717, 1.165) is 4.68 Å². The summed E-state index contributed by atoms with van der Waals surface area (Å²) < 4.78 is 5.73. The van der Waals surface area contributed by atoms with Crippen molar-refractivity contribution in [1.82, 2.24) is 14.8 Å². The molecule has 2 aromatic carbocycles. The fourth-order valence-corrected chi connectivity index (χ4v) is 2.20. The number of para-hydroxylation sites is 1. The lowest BCUT2D eigenvalue weighted by Crippen LogP contribution is -2.16. The third kappa shape index (κ3) is 3.47. The molecule has 0 aliphatic heterocycles. The minimum atomic E-state index is -0.603. The third-order valence-electron chi connectivity index (χ3n) is 3.38. The van der Waals surface area contributed by atoms with E-state index in [1.54, 1.807) is 42.5 Å². The molecule has 1 aromatic heterocycles. The number of H-pyrrole nitrogens is 1. The molecule has 8 nitrogen and oxygen atoms in total. The molecule has 0 bridgehead atoms. The number of aromatic nitrogens is 3. The number of carbonyl (C=O) groups excluding carboxylic acids is 2. The summed E-state index contributed by atoms with van der Waals surface area (Å²) in [6.45, 7) is 0. The number of methoxy groups -OCH3 is 1. The minimum absolute atomic E-state index is 0.141. The summed E-state index contributed by atoms with van der Waals surface area (Å²) in [5, 5.41) is 6.57. The second kappa shape index (κ2) is 6.83. The van der Waals surface area contributed by atoms with E-state index in [1.165, 1.54) is 13.2 Å². The van der Waals surface area contributed by atoms with Crippen molar-refractivity contribution in [2.45, 2.75) is 0 Å². The Kier molecular flexibility index (Phi) is 4.42. The van der Waals surface area contributed by atoms with Crippen LogP contribution in [-0.4, -0.2) is 33.8 Å². The van der Waals surface area contributed by atoms with Crippen LogP contribution in [0.1, 0.15) is 21.0 Å².